The predicted octanol–water partition coefficient (Wildman–Crippen LogP) is 3.02. The lowest BCUT2D eigenvalue weighted by Crippen LogP contribution is -2.44. The van der Waals surface area contributed by atoms with Gasteiger partial charge >= 0.3 is 0 Å². The smallest absolute Gasteiger partial charge is 0.270 e. The van der Waals surface area contributed by atoms with E-state index in [1.54, 1.807) is 5.38 Å². The second-order valence-corrected chi connectivity index (χ2v) is 7.26. The standard InChI is InChI=1S/C18H23FN4OS.2ClH/c19-14-3-1-13(2-4-14)11-23-9-6-15(7-10-23)21-18(24)16-12-25-17(22-16)5-8-20;;/h1-4,12,15H,5-11,20H2,(H,21,24);2*1H. The monoisotopic (exact) mass is 434 g/mol. The number of nitrogens with zero attached hydrogens (tertiary/aromatic N) is 2. The van der Waals surface area contributed by atoms with Gasteiger partial charge in [-0.05, 0) is 37.1 Å². The van der Waals surface area contributed by atoms with Crippen molar-refractivity contribution in [2.45, 2.75) is 31.8 Å². The Balaban J connectivity index is 0.00000182. The summed E-state index contributed by atoms with van der Waals surface area (Å²) >= 11 is 1.48. The van der Waals surface area contributed by atoms with Gasteiger partial charge in [0.2, 0.25) is 0 Å². The number of thiazole rings is 1. The van der Waals surface area contributed by atoms with Gasteiger partial charge in [0.05, 0.1) is 5.01 Å². The first-order chi connectivity index (χ1) is 12.1. The largest absolute Gasteiger partial charge is 0.348 e. The highest BCUT2D eigenvalue weighted by atomic mass is 35.5. The summed E-state index contributed by atoms with van der Waals surface area (Å²) in [6.45, 7) is 3.19. The molecule has 2 aromatic rings. The van der Waals surface area contributed by atoms with Crippen molar-refractivity contribution in [2.24, 2.45) is 5.73 Å². The lowest BCUT2D eigenvalue weighted by Gasteiger charge is -2.32. The number of carbonyl (C=O) groups is 1. The molecular formula is C18H25Cl2FN4OS. The molecule has 1 aromatic heterocycles. The Hall–Kier alpha value is -1.25. The molecule has 150 valence electrons. The Bertz CT molecular complexity index is 706. The van der Waals surface area contributed by atoms with Crippen molar-refractivity contribution in [2.75, 3.05) is 19.6 Å². The lowest BCUT2D eigenvalue weighted by molar-refractivity contribution is 0.0904. The zero-order valence-electron chi connectivity index (χ0n) is 14.9. The zero-order valence-corrected chi connectivity index (χ0v) is 17.3. The number of hydrogen-bond donors (Lipinski definition) is 2. The van der Waals surface area contributed by atoms with Crippen molar-refractivity contribution < 1.29 is 9.18 Å². The molecule has 2 heterocycles. The number of carbonyl (C=O) groups excluding carboxylic acids is 1. The summed E-state index contributed by atoms with van der Waals surface area (Å²) in [5.74, 6) is -0.307. The maximum absolute atomic E-state index is 13.0. The van der Waals surface area contributed by atoms with Gasteiger partial charge in [-0.3, -0.25) is 9.69 Å². The van der Waals surface area contributed by atoms with Gasteiger partial charge in [0.25, 0.3) is 5.91 Å². The summed E-state index contributed by atoms with van der Waals surface area (Å²) < 4.78 is 13.0. The number of amides is 1. The van der Waals surface area contributed by atoms with Crippen LogP contribution in [0.15, 0.2) is 29.6 Å². The summed E-state index contributed by atoms with van der Waals surface area (Å²) in [7, 11) is 0. The number of benzene rings is 1. The number of rotatable bonds is 6. The number of nitrogens with two attached hydrogens (primary N) is 1. The minimum atomic E-state index is -0.207. The highest BCUT2D eigenvalue weighted by Gasteiger charge is 2.22. The van der Waals surface area contributed by atoms with Crippen LogP contribution in [0.4, 0.5) is 4.39 Å². The second-order valence-electron chi connectivity index (χ2n) is 6.32. The fourth-order valence-electron chi connectivity index (χ4n) is 3.00. The van der Waals surface area contributed by atoms with Gasteiger partial charge in [-0.15, -0.1) is 36.2 Å². The number of aromatic nitrogens is 1. The van der Waals surface area contributed by atoms with Crippen molar-refractivity contribution in [3.63, 3.8) is 0 Å². The van der Waals surface area contributed by atoms with Crippen LogP contribution in [0.2, 0.25) is 0 Å². The van der Waals surface area contributed by atoms with Crippen LogP contribution in [0.5, 0.6) is 0 Å². The van der Waals surface area contributed by atoms with E-state index in [1.165, 1.54) is 23.5 Å². The molecule has 0 radical (unpaired) electrons. The quantitative estimate of drug-likeness (QED) is 0.732. The van der Waals surface area contributed by atoms with E-state index in [0.29, 0.717) is 18.7 Å². The Morgan fingerprint density at radius 1 is 1.26 bits per heavy atom. The van der Waals surface area contributed by atoms with Gasteiger partial charge < -0.3 is 11.1 Å². The fourth-order valence-corrected chi connectivity index (χ4v) is 3.79. The van der Waals surface area contributed by atoms with E-state index in [1.807, 2.05) is 12.1 Å². The summed E-state index contributed by atoms with van der Waals surface area (Å²) in [6, 6.07) is 6.82. The van der Waals surface area contributed by atoms with Crippen LogP contribution in [-0.4, -0.2) is 41.5 Å². The number of hydrogen-bond acceptors (Lipinski definition) is 5. The van der Waals surface area contributed by atoms with Crippen molar-refractivity contribution in [1.82, 2.24) is 15.2 Å². The van der Waals surface area contributed by atoms with Crippen molar-refractivity contribution in [3.8, 4) is 0 Å². The van der Waals surface area contributed by atoms with Gasteiger partial charge in [-0.2, -0.15) is 0 Å². The van der Waals surface area contributed by atoms with E-state index >= 15 is 0 Å². The maximum Gasteiger partial charge on any atom is 0.270 e. The van der Waals surface area contributed by atoms with Crippen LogP contribution >= 0.6 is 36.2 Å². The van der Waals surface area contributed by atoms with Crippen molar-refractivity contribution in [1.29, 1.82) is 0 Å². The van der Waals surface area contributed by atoms with E-state index in [2.05, 4.69) is 15.2 Å². The maximum atomic E-state index is 13.0. The molecule has 3 rings (SSSR count). The summed E-state index contributed by atoms with van der Waals surface area (Å²) in [5, 5.41) is 5.78. The molecule has 9 heteroatoms. The van der Waals surface area contributed by atoms with Gasteiger partial charge in [0, 0.05) is 37.5 Å². The molecule has 1 saturated heterocycles. The van der Waals surface area contributed by atoms with Crippen LogP contribution in [0.1, 0.15) is 33.9 Å². The third-order valence-corrected chi connectivity index (χ3v) is 5.29. The Labute approximate surface area is 175 Å². The first-order valence-electron chi connectivity index (χ1n) is 8.56. The molecule has 5 nitrogen and oxygen atoms in total. The van der Waals surface area contributed by atoms with Crippen LogP contribution < -0.4 is 11.1 Å². The molecule has 1 aliphatic rings. The molecule has 1 aromatic carbocycles. The third-order valence-electron chi connectivity index (χ3n) is 4.38. The number of nitrogens with one attached hydrogen (secondary N) is 1. The number of halogens is 3. The van der Waals surface area contributed by atoms with Crippen LogP contribution in [0.25, 0.3) is 0 Å². The fraction of sp³-hybridized carbons (Fsp3) is 0.444. The SMILES string of the molecule is Cl.Cl.NCCc1nc(C(=O)NC2CCN(Cc3ccc(F)cc3)CC2)cs1. The Morgan fingerprint density at radius 2 is 1.93 bits per heavy atom. The summed E-state index contributed by atoms with van der Waals surface area (Å²) in [4.78, 5) is 18.9. The minimum absolute atomic E-state index is 0. The Kier molecular flexibility index (Phi) is 10.2. The molecule has 0 saturated carbocycles. The van der Waals surface area contributed by atoms with Gasteiger partial charge in [-0.25, -0.2) is 9.37 Å². The number of piperidine rings is 1. The molecule has 0 atom stereocenters. The van der Waals surface area contributed by atoms with E-state index in [0.717, 1.165) is 43.0 Å². The van der Waals surface area contributed by atoms with Crippen molar-refractivity contribution in [3.05, 3.63) is 51.7 Å². The third kappa shape index (κ3) is 7.01. The van der Waals surface area contributed by atoms with Gasteiger partial charge in [0.1, 0.15) is 11.5 Å². The van der Waals surface area contributed by atoms with E-state index < -0.39 is 0 Å². The summed E-state index contributed by atoms with van der Waals surface area (Å²) in [6.07, 6.45) is 2.53. The van der Waals surface area contributed by atoms with E-state index in [9.17, 15) is 9.18 Å². The molecule has 0 bridgehead atoms. The molecule has 27 heavy (non-hydrogen) atoms. The zero-order chi connectivity index (χ0) is 17.6. The second kappa shape index (κ2) is 11.6. The molecule has 1 fully saturated rings. The lowest BCUT2D eigenvalue weighted by atomic mass is 10.0. The Morgan fingerprint density at radius 3 is 2.56 bits per heavy atom. The topological polar surface area (TPSA) is 71.2 Å². The minimum Gasteiger partial charge on any atom is -0.348 e. The highest BCUT2D eigenvalue weighted by Crippen LogP contribution is 2.16. The first-order valence-corrected chi connectivity index (χ1v) is 9.44. The average Bonchev–Trinajstić information content (AvgIpc) is 3.08. The van der Waals surface area contributed by atoms with Crippen LogP contribution in [-0.2, 0) is 13.0 Å². The van der Waals surface area contributed by atoms with E-state index in [-0.39, 0.29) is 42.6 Å². The molecule has 0 spiro atoms. The first kappa shape index (κ1) is 23.8. The summed E-state index contributed by atoms with van der Waals surface area (Å²) in [5.41, 5.74) is 7.11. The van der Waals surface area contributed by atoms with Gasteiger partial charge in [-0.1, -0.05) is 12.1 Å². The van der Waals surface area contributed by atoms with Gasteiger partial charge in [0.15, 0.2) is 0 Å². The predicted molar refractivity (Wildman–Crippen MR) is 112 cm³/mol. The molecular weight excluding hydrogens is 410 g/mol. The number of likely N-dealkylation sites (tertiary alicyclic amines) is 1. The molecule has 1 aliphatic heterocycles. The van der Waals surface area contributed by atoms with Crippen LogP contribution in [0, 0.1) is 5.82 Å². The van der Waals surface area contributed by atoms with E-state index in [4.69, 9.17) is 5.73 Å². The molecule has 1 amide bonds. The average molecular weight is 435 g/mol. The molecule has 0 unspecified atom stereocenters. The van der Waals surface area contributed by atoms with Crippen LogP contribution in [0.3, 0.4) is 0 Å². The van der Waals surface area contributed by atoms with Crippen molar-refractivity contribution >= 4 is 42.1 Å². The highest BCUT2D eigenvalue weighted by molar-refractivity contribution is 7.09. The molecule has 0 aliphatic carbocycles. The normalized spacial score (nSPS) is 14.9. The molecule has 3 N–H and O–H groups in total.